The van der Waals surface area contributed by atoms with E-state index >= 15 is 0 Å². The van der Waals surface area contributed by atoms with Crippen molar-refractivity contribution in [3.8, 4) is 11.3 Å². The predicted octanol–water partition coefficient (Wildman–Crippen LogP) is 3.37. The molecule has 1 N–H and O–H groups in total. The molecule has 1 amide bonds. The van der Waals surface area contributed by atoms with E-state index in [0.717, 1.165) is 60.2 Å². The number of carbonyl (C=O) groups is 1. The molecule has 5 heteroatoms. The lowest BCUT2D eigenvalue weighted by Gasteiger charge is -2.32. The van der Waals surface area contributed by atoms with Gasteiger partial charge in [0.2, 0.25) is 0 Å². The van der Waals surface area contributed by atoms with Crippen LogP contribution in [-0.2, 0) is 0 Å². The quantitative estimate of drug-likeness (QED) is 0.775. The maximum Gasteiger partial charge on any atom is 0.254 e. The van der Waals surface area contributed by atoms with E-state index in [4.69, 9.17) is 4.98 Å². The lowest BCUT2D eigenvalue weighted by Crippen LogP contribution is -2.40. The van der Waals surface area contributed by atoms with E-state index in [1.54, 1.807) is 12.4 Å². The van der Waals surface area contributed by atoms with Gasteiger partial charge in [-0.1, -0.05) is 18.2 Å². The molecule has 5 nitrogen and oxygen atoms in total. The number of pyridine rings is 2. The predicted molar refractivity (Wildman–Crippen MR) is 108 cm³/mol. The molecule has 4 rings (SSSR count). The normalized spacial score (nSPS) is 15.2. The maximum absolute atomic E-state index is 13.3. The minimum absolute atomic E-state index is 0.0987. The van der Waals surface area contributed by atoms with Crippen molar-refractivity contribution in [3.05, 3.63) is 60.4 Å². The largest absolute Gasteiger partial charge is 0.339 e. The van der Waals surface area contributed by atoms with Gasteiger partial charge in [0.25, 0.3) is 5.91 Å². The van der Waals surface area contributed by atoms with Gasteiger partial charge in [-0.15, -0.1) is 0 Å². The van der Waals surface area contributed by atoms with Gasteiger partial charge in [0.15, 0.2) is 0 Å². The van der Waals surface area contributed by atoms with Gasteiger partial charge in [0.1, 0.15) is 0 Å². The first kappa shape index (κ1) is 17.6. The Morgan fingerprint density at radius 1 is 1.19 bits per heavy atom. The molecule has 0 spiro atoms. The van der Waals surface area contributed by atoms with E-state index in [9.17, 15) is 4.79 Å². The molecule has 1 fully saturated rings. The molecule has 0 atom stereocenters. The van der Waals surface area contributed by atoms with Crippen LogP contribution in [-0.4, -0.2) is 47.5 Å². The van der Waals surface area contributed by atoms with Gasteiger partial charge >= 0.3 is 0 Å². The number of para-hydroxylation sites is 1. The summed E-state index contributed by atoms with van der Waals surface area (Å²) >= 11 is 0. The van der Waals surface area contributed by atoms with Gasteiger partial charge in [-0.25, -0.2) is 4.98 Å². The first-order chi connectivity index (χ1) is 13.3. The highest BCUT2D eigenvalue weighted by molar-refractivity contribution is 6.07. The Hall–Kier alpha value is -2.79. The summed E-state index contributed by atoms with van der Waals surface area (Å²) < 4.78 is 0. The molecule has 3 aromatic rings. The monoisotopic (exact) mass is 360 g/mol. The van der Waals surface area contributed by atoms with Gasteiger partial charge in [0, 0.05) is 36.4 Å². The van der Waals surface area contributed by atoms with Crippen LogP contribution in [0.25, 0.3) is 22.2 Å². The molecule has 1 aromatic carbocycles. The first-order valence-corrected chi connectivity index (χ1v) is 9.50. The van der Waals surface area contributed by atoms with Gasteiger partial charge in [-0.2, -0.15) is 0 Å². The number of rotatable bonds is 4. The highest BCUT2D eigenvalue weighted by atomic mass is 16.2. The maximum atomic E-state index is 13.3. The van der Waals surface area contributed by atoms with E-state index in [1.807, 2.05) is 54.4 Å². The molecule has 0 bridgehead atoms. The van der Waals surface area contributed by atoms with Crippen molar-refractivity contribution in [1.82, 2.24) is 20.2 Å². The number of nitrogens with one attached hydrogen (secondary N) is 1. The summed E-state index contributed by atoms with van der Waals surface area (Å²) in [6.07, 6.45) is 5.62. The third-order valence-electron chi connectivity index (χ3n) is 5.30. The van der Waals surface area contributed by atoms with Crippen LogP contribution < -0.4 is 5.32 Å². The number of likely N-dealkylation sites (tertiary alicyclic amines) is 1. The number of nitrogens with zero attached hydrogens (tertiary/aromatic N) is 3. The summed E-state index contributed by atoms with van der Waals surface area (Å²) in [7, 11) is 1.99. The van der Waals surface area contributed by atoms with Gasteiger partial charge in [-0.05, 0) is 56.6 Å². The van der Waals surface area contributed by atoms with Crippen molar-refractivity contribution in [1.29, 1.82) is 0 Å². The molecule has 0 saturated carbocycles. The zero-order chi connectivity index (χ0) is 18.6. The topological polar surface area (TPSA) is 58.1 Å². The van der Waals surface area contributed by atoms with Crippen molar-refractivity contribution >= 4 is 16.8 Å². The molecular weight excluding hydrogens is 336 g/mol. The second-order valence-electron chi connectivity index (χ2n) is 7.11. The number of hydrogen-bond donors (Lipinski definition) is 1. The van der Waals surface area contributed by atoms with Crippen LogP contribution in [0.1, 0.15) is 23.2 Å². The summed E-state index contributed by atoms with van der Waals surface area (Å²) in [6, 6.07) is 13.6. The molecule has 1 aliphatic heterocycles. The minimum atomic E-state index is 0.0987. The average molecular weight is 360 g/mol. The Labute approximate surface area is 159 Å². The number of carbonyl (C=O) groups excluding carboxylic acids is 1. The Morgan fingerprint density at radius 2 is 2.00 bits per heavy atom. The Kier molecular flexibility index (Phi) is 5.12. The van der Waals surface area contributed by atoms with Crippen LogP contribution in [0.5, 0.6) is 0 Å². The van der Waals surface area contributed by atoms with E-state index in [0.29, 0.717) is 5.92 Å². The van der Waals surface area contributed by atoms with Crippen molar-refractivity contribution in [2.75, 3.05) is 26.7 Å². The van der Waals surface area contributed by atoms with Gasteiger partial charge < -0.3 is 10.2 Å². The molecule has 138 valence electrons. The van der Waals surface area contributed by atoms with Crippen LogP contribution in [0.2, 0.25) is 0 Å². The fraction of sp³-hybridized carbons (Fsp3) is 0.318. The van der Waals surface area contributed by atoms with Crippen LogP contribution >= 0.6 is 0 Å². The Morgan fingerprint density at radius 3 is 2.74 bits per heavy atom. The number of aromatic nitrogens is 2. The van der Waals surface area contributed by atoms with E-state index in [2.05, 4.69) is 10.3 Å². The highest BCUT2D eigenvalue weighted by Gasteiger charge is 2.25. The van der Waals surface area contributed by atoms with E-state index in [1.165, 1.54) is 0 Å². The molecular formula is C22H24N4O. The molecule has 1 aliphatic rings. The Bertz CT molecular complexity index is 933. The van der Waals surface area contributed by atoms with Crippen molar-refractivity contribution in [3.63, 3.8) is 0 Å². The number of amides is 1. The fourth-order valence-electron chi connectivity index (χ4n) is 3.81. The van der Waals surface area contributed by atoms with Crippen LogP contribution in [0.4, 0.5) is 0 Å². The molecule has 27 heavy (non-hydrogen) atoms. The van der Waals surface area contributed by atoms with Crippen molar-refractivity contribution in [2.45, 2.75) is 12.8 Å². The summed E-state index contributed by atoms with van der Waals surface area (Å²) in [5, 5.41) is 4.16. The summed E-state index contributed by atoms with van der Waals surface area (Å²) in [4.78, 5) is 24.3. The van der Waals surface area contributed by atoms with Crippen LogP contribution in [0.15, 0.2) is 54.9 Å². The van der Waals surface area contributed by atoms with Gasteiger partial charge in [-0.3, -0.25) is 9.78 Å². The zero-order valence-electron chi connectivity index (χ0n) is 15.6. The van der Waals surface area contributed by atoms with Crippen molar-refractivity contribution < 1.29 is 4.79 Å². The van der Waals surface area contributed by atoms with Crippen LogP contribution in [0.3, 0.4) is 0 Å². The first-order valence-electron chi connectivity index (χ1n) is 9.50. The summed E-state index contributed by atoms with van der Waals surface area (Å²) in [6.45, 7) is 2.64. The lowest BCUT2D eigenvalue weighted by molar-refractivity contribution is 0.0693. The summed E-state index contributed by atoms with van der Waals surface area (Å²) in [5.74, 6) is 0.751. The lowest BCUT2D eigenvalue weighted by atomic mass is 9.95. The van der Waals surface area contributed by atoms with Gasteiger partial charge in [0.05, 0.1) is 16.8 Å². The highest BCUT2D eigenvalue weighted by Crippen LogP contribution is 2.27. The van der Waals surface area contributed by atoms with Crippen LogP contribution in [0, 0.1) is 5.92 Å². The number of benzene rings is 1. The summed E-state index contributed by atoms with van der Waals surface area (Å²) in [5.41, 5.74) is 3.28. The second-order valence-corrected chi connectivity index (χ2v) is 7.11. The standard InChI is InChI=1S/C22H24N4O/c1-23-14-16-8-11-26(12-9-16)22(27)19-13-21(17-5-4-10-24-15-17)25-20-7-3-2-6-18(19)20/h2-7,10,13,15-16,23H,8-9,11-12,14H2,1H3. The van der Waals surface area contributed by atoms with Crippen molar-refractivity contribution in [2.24, 2.45) is 5.92 Å². The second kappa shape index (κ2) is 7.84. The number of fused-ring (bicyclic) bond motifs is 1. The third-order valence-corrected chi connectivity index (χ3v) is 5.30. The average Bonchev–Trinajstić information content (AvgIpc) is 2.74. The molecule has 2 aromatic heterocycles. The number of piperidine rings is 1. The SMILES string of the molecule is CNCC1CCN(C(=O)c2cc(-c3cccnc3)nc3ccccc23)CC1. The number of hydrogen-bond acceptors (Lipinski definition) is 4. The molecule has 1 saturated heterocycles. The fourth-order valence-corrected chi connectivity index (χ4v) is 3.81. The molecule has 0 radical (unpaired) electrons. The zero-order valence-corrected chi connectivity index (χ0v) is 15.6. The molecule has 0 aliphatic carbocycles. The third kappa shape index (κ3) is 3.69. The molecule has 0 unspecified atom stereocenters. The van der Waals surface area contributed by atoms with E-state index < -0.39 is 0 Å². The Balaban J connectivity index is 1.69. The molecule has 3 heterocycles. The van der Waals surface area contributed by atoms with E-state index in [-0.39, 0.29) is 5.91 Å². The smallest absolute Gasteiger partial charge is 0.254 e. The minimum Gasteiger partial charge on any atom is -0.339 e.